The van der Waals surface area contributed by atoms with Gasteiger partial charge in [-0.05, 0) is 31.5 Å². The number of aromatic amines is 1. The fourth-order valence-electron chi connectivity index (χ4n) is 3.58. The molecule has 7 nitrogen and oxygen atoms in total. The summed E-state index contributed by atoms with van der Waals surface area (Å²) in [6, 6.07) is 1.04. The molecule has 28 heavy (non-hydrogen) atoms. The first-order valence-corrected chi connectivity index (χ1v) is 10.0. The molecule has 1 saturated heterocycles. The number of aryl methyl sites for hydroxylation is 2. The zero-order valence-corrected chi connectivity index (χ0v) is 16.2. The average Bonchev–Trinajstić information content (AvgIpc) is 3.28. The monoisotopic (exact) mass is 413 g/mol. The molecule has 2 aromatic heterocycles. The molecule has 3 aromatic rings. The predicted octanol–water partition coefficient (Wildman–Crippen LogP) is 2.83. The maximum Gasteiger partial charge on any atom is 0.265 e. The van der Waals surface area contributed by atoms with Crippen LogP contribution in [0.3, 0.4) is 0 Å². The Labute approximate surface area is 159 Å². The molecular formula is C17H18F3N5O2S. The number of alkyl halides is 2. The van der Waals surface area contributed by atoms with Crippen LogP contribution in [0.5, 0.6) is 0 Å². The largest absolute Gasteiger partial charge is 0.342 e. The van der Waals surface area contributed by atoms with Crippen LogP contribution in [0.4, 0.5) is 13.2 Å². The lowest BCUT2D eigenvalue weighted by atomic mass is 10.0. The van der Waals surface area contributed by atoms with E-state index in [4.69, 9.17) is 0 Å². The number of hydrogen-bond donors (Lipinski definition) is 1. The Morgan fingerprint density at radius 1 is 1.32 bits per heavy atom. The van der Waals surface area contributed by atoms with Crippen LogP contribution < -0.4 is 0 Å². The van der Waals surface area contributed by atoms with Crippen LogP contribution in [0, 0.1) is 12.7 Å². The SMILES string of the molecule is Cc1cc(F)c2[nH]c(S(=O)(=O)N3CCC(F)(F)[C@@H]3C)cc2c1-c1ncn(C)n1. The first kappa shape index (κ1) is 18.9. The molecule has 1 aliphatic heterocycles. The molecule has 11 heteroatoms. The Morgan fingerprint density at radius 3 is 2.61 bits per heavy atom. The van der Waals surface area contributed by atoms with Gasteiger partial charge in [-0.15, -0.1) is 0 Å². The zero-order chi connectivity index (χ0) is 20.4. The lowest BCUT2D eigenvalue weighted by molar-refractivity contribution is -0.0152. The molecule has 1 aromatic carbocycles. The highest BCUT2D eigenvalue weighted by atomic mass is 32.2. The van der Waals surface area contributed by atoms with Gasteiger partial charge in [0.05, 0.1) is 11.6 Å². The molecule has 0 unspecified atom stereocenters. The highest BCUT2D eigenvalue weighted by molar-refractivity contribution is 7.89. The molecule has 150 valence electrons. The van der Waals surface area contributed by atoms with E-state index in [0.29, 0.717) is 17.0 Å². The summed E-state index contributed by atoms with van der Waals surface area (Å²) in [7, 11) is -2.58. The van der Waals surface area contributed by atoms with Gasteiger partial charge in [0.25, 0.3) is 15.9 Å². The Balaban J connectivity index is 1.90. The minimum Gasteiger partial charge on any atom is -0.342 e. The van der Waals surface area contributed by atoms with E-state index in [0.717, 1.165) is 4.31 Å². The van der Waals surface area contributed by atoms with Gasteiger partial charge in [-0.2, -0.15) is 9.40 Å². The lowest BCUT2D eigenvalue weighted by Crippen LogP contribution is -2.40. The molecule has 0 bridgehead atoms. The summed E-state index contributed by atoms with van der Waals surface area (Å²) in [6.45, 7) is 2.53. The van der Waals surface area contributed by atoms with Gasteiger partial charge in [-0.1, -0.05) is 0 Å². The summed E-state index contributed by atoms with van der Waals surface area (Å²) in [5.74, 6) is -3.44. The van der Waals surface area contributed by atoms with Crippen molar-refractivity contribution in [3.63, 3.8) is 0 Å². The first-order chi connectivity index (χ1) is 13.0. The van der Waals surface area contributed by atoms with Gasteiger partial charge in [0.2, 0.25) is 0 Å². The molecule has 0 spiro atoms. The van der Waals surface area contributed by atoms with E-state index >= 15 is 0 Å². The molecule has 4 rings (SSSR count). The summed E-state index contributed by atoms with van der Waals surface area (Å²) < 4.78 is 70.4. The average molecular weight is 413 g/mol. The van der Waals surface area contributed by atoms with E-state index < -0.39 is 34.2 Å². The smallest absolute Gasteiger partial charge is 0.265 e. The van der Waals surface area contributed by atoms with E-state index in [1.165, 1.54) is 30.1 Å². The lowest BCUT2D eigenvalue weighted by Gasteiger charge is -2.22. The Kier molecular flexibility index (Phi) is 4.09. The normalized spacial score (nSPS) is 20.3. The zero-order valence-electron chi connectivity index (χ0n) is 15.4. The number of hydrogen-bond acceptors (Lipinski definition) is 4. The molecule has 0 amide bonds. The van der Waals surface area contributed by atoms with Gasteiger partial charge >= 0.3 is 0 Å². The predicted molar refractivity (Wildman–Crippen MR) is 95.9 cm³/mol. The van der Waals surface area contributed by atoms with Crippen LogP contribution in [-0.2, 0) is 17.1 Å². The third-order valence-corrected chi connectivity index (χ3v) is 7.05. The summed E-state index contributed by atoms with van der Waals surface area (Å²) >= 11 is 0. The number of benzene rings is 1. The minimum atomic E-state index is -4.26. The van der Waals surface area contributed by atoms with E-state index in [1.54, 1.807) is 14.0 Å². The molecule has 1 N–H and O–H groups in total. The molecular weight excluding hydrogens is 395 g/mol. The molecule has 3 heterocycles. The van der Waals surface area contributed by atoms with Crippen molar-refractivity contribution in [2.45, 2.75) is 37.3 Å². The van der Waals surface area contributed by atoms with E-state index in [-0.39, 0.29) is 22.5 Å². The van der Waals surface area contributed by atoms with Gasteiger partial charge in [-0.3, -0.25) is 4.68 Å². The number of fused-ring (bicyclic) bond motifs is 1. The maximum atomic E-state index is 14.5. The van der Waals surface area contributed by atoms with Crippen LogP contribution in [0.25, 0.3) is 22.3 Å². The second kappa shape index (κ2) is 6.05. The fraction of sp³-hybridized carbons (Fsp3) is 0.412. The van der Waals surface area contributed by atoms with Crippen LogP contribution in [0.15, 0.2) is 23.5 Å². The number of nitrogens with zero attached hydrogens (tertiary/aromatic N) is 4. The summed E-state index contributed by atoms with van der Waals surface area (Å²) in [4.78, 5) is 6.72. The number of nitrogens with one attached hydrogen (secondary N) is 1. The Hall–Kier alpha value is -2.40. The van der Waals surface area contributed by atoms with Crippen molar-refractivity contribution in [3.8, 4) is 11.4 Å². The highest BCUT2D eigenvalue weighted by Gasteiger charge is 2.51. The van der Waals surface area contributed by atoms with Crippen molar-refractivity contribution < 1.29 is 21.6 Å². The standard InChI is InChI=1S/C17H18F3N5O2S/c1-9-6-12(18)15-11(14(9)16-21-8-24(3)23-16)7-13(22-15)28(26,27)25-5-4-17(19,20)10(25)2/h6-8,10,22H,4-5H2,1-3H3/t10-/m0/s1. The van der Waals surface area contributed by atoms with Crippen molar-refractivity contribution in [1.29, 1.82) is 0 Å². The van der Waals surface area contributed by atoms with Crippen molar-refractivity contribution in [3.05, 3.63) is 29.8 Å². The number of halogens is 3. The number of aromatic nitrogens is 4. The van der Waals surface area contributed by atoms with Gasteiger partial charge in [0.1, 0.15) is 17.2 Å². The second-order valence-electron chi connectivity index (χ2n) is 7.02. The van der Waals surface area contributed by atoms with Crippen molar-refractivity contribution in [1.82, 2.24) is 24.1 Å². The molecule has 0 saturated carbocycles. The summed E-state index contributed by atoms with van der Waals surface area (Å²) in [5, 5.41) is 4.15. The first-order valence-electron chi connectivity index (χ1n) is 8.60. The van der Waals surface area contributed by atoms with E-state index in [1.807, 2.05) is 0 Å². The highest BCUT2D eigenvalue weighted by Crippen LogP contribution is 2.39. The van der Waals surface area contributed by atoms with Crippen molar-refractivity contribution in [2.24, 2.45) is 7.05 Å². The van der Waals surface area contributed by atoms with Gasteiger partial charge in [0.15, 0.2) is 5.82 Å². The van der Waals surface area contributed by atoms with Crippen LogP contribution in [-0.4, -0.2) is 51.0 Å². The molecule has 1 fully saturated rings. The number of H-pyrrole nitrogens is 1. The number of rotatable bonds is 3. The summed E-state index contributed by atoms with van der Waals surface area (Å²) in [5.41, 5.74) is 0.972. The molecule has 1 atom stereocenters. The Morgan fingerprint density at radius 2 is 2.04 bits per heavy atom. The summed E-state index contributed by atoms with van der Waals surface area (Å²) in [6.07, 6.45) is 0.923. The van der Waals surface area contributed by atoms with Crippen molar-refractivity contribution in [2.75, 3.05) is 6.54 Å². The van der Waals surface area contributed by atoms with Crippen LogP contribution in [0.2, 0.25) is 0 Å². The van der Waals surface area contributed by atoms with E-state index in [9.17, 15) is 21.6 Å². The third-order valence-electron chi connectivity index (χ3n) is 5.16. The van der Waals surface area contributed by atoms with Gasteiger partial charge in [-0.25, -0.2) is 26.6 Å². The van der Waals surface area contributed by atoms with Gasteiger partial charge in [0, 0.05) is 31.0 Å². The van der Waals surface area contributed by atoms with Gasteiger partial charge < -0.3 is 4.98 Å². The van der Waals surface area contributed by atoms with Crippen LogP contribution in [0.1, 0.15) is 18.9 Å². The topological polar surface area (TPSA) is 83.9 Å². The van der Waals surface area contributed by atoms with Crippen molar-refractivity contribution >= 4 is 20.9 Å². The minimum absolute atomic E-state index is 0.0368. The molecule has 1 aliphatic rings. The maximum absolute atomic E-state index is 14.5. The Bertz CT molecular complexity index is 1190. The second-order valence-corrected chi connectivity index (χ2v) is 8.88. The van der Waals surface area contributed by atoms with Crippen LogP contribution >= 0.6 is 0 Å². The quantitative estimate of drug-likeness (QED) is 0.716. The third kappa shape index (κ3) is 2.72. The number of sulfonamides is 1. The molecule has 0 radical (unpaired) electrons. The fourth-order valence-corrected chi connectivity index (χ4v) is 5.23. The molecule has 0 aliphatic carbocycles. The van der Waals surface area contributed by atoms with E-state index in [2.05, 4.69) is 15.1 Å².